The van der Waals surface area contributed by atoms with Crippen molar-refractivity contribution in [3.8, 4) is 11.1 Å². The smallest absolute Gasteiger partial charge is 0.166 e. The maximum Gasteiger partial charge on any atom is 0.166 e. The van der Waals surface area contributed by atoms with Crippen LogP contribution in [-0.4, -0.2) is 23.8 Å². The summed E-state index contributed by atoms with van der Waals surface area (Å²) in [6.45, 7) is 8.02. The molecule has 0 saturated carbocycles. The normalized spacial score (nSPS) is 15.8. The van der Waals surface area contributed by atoms with Crippen molar-refractivity contribution >= 4 is 24.3 Å². The number of amidine groups is 1. The largest absolute Gasteiger partial charge is 0.391 e. The topological polar surface area (TPSA) is 44.6 Å². The highest BCUT2D eigenvalue weighted by Gasteiger charge is 2.36. The third-order valence-corrected chi connectivity index (χ3v) is 7.80. The van der Waals surface area contributed by atoms with Gasteiger partial charge in [-0.3, -0.25) is 0 Å². The summed E-state index contributed by atoms with van der Waals surface area (Å²) in [5, 5.41) is 14.1. The SMILES string of the molecule is CC(C)(O)C(C)(C)Bc1cccc(C2C=C(c3ccccc3)N=C(c3ccc(-c4ccccc4)cc3)N2)c1. The minimum atomic E-state index is -0.780. The third-order valence-electron chi connectivity index (χ3n) is 7.80. The average molecular weight is 498 g/mol. The van der Waals surface area contributed by atoms with Gasteiger partial charge in [0.25, 0.3) is 0 Å². The highest BCUT2D eigenvalue weighted by molar-refractivity contribution is 6.57. The fraction of sp³-hybridized carbons (Fsp3) is 0.206. The molecule has 0 amide bonds. The van der Waals surface area contributed by atoms with Crippen LogP contribution in [0.3, 0.4) is 0 Å². The number of nitrogens with zero attached hydrogens (tertiary/aromatic N) is 1. The number of benzene rings is 4. The molecule has 1 aliphatic rings. The van der Waals surface area contributed by atoms with Crippen LogP contribution in [0.25, 0.3) is 16.8 Å². The molecule has 38 heavy (non-hydrogen) atoms. The summed E-state index contributed by atoms with van der Waals surface area (Å²) in [6, 6.07) is 38.0. The lowest BCUT2D eigenvalue weighted by Gasteiger charge is -2.37. The molecule has 1 aliphatic heterocycles. The Hall–Kier alpha value is -3.89. The van der Waals surface area contributed by atoms with Gasteiger partial charge in [-0.25, -0.2) is 4.99 Å². The number of rotatable bonds is 7. The van der Waals surface area contributed by atoms with E-state index in [9.17, 15) is 5.11 Å². The van der Waals surface area contributed by atoms with E-state index < -0.39 is 5.60 Å². The predicted octanol–water partition coefficient (Wildman–Crippen LogP) is 6.52. The molecule has 3 nitrogen and oxygen atoms in total. The Kier molecular flexibility index (Phi) is 7.10. The zero-order valence-electron chi connectivity index (χ0n) is 22.6. The molecule has 0 aliphatic carbocycles. The summed E-state index contributed by atoms with van der Waals surface area (Å²) in [5.41, 5.74) is 7.09. The van der Waals surface area contributed by atoms with Crippen molar-refractivity contribution in [2.75, 3.05) is 0 Å². The molecule has 0 radical (unpaired) electrons. The number of hydrogen-bond acceptors (Lipinski definition) is 3. The van der Waals surface area contributed by atoms with E-state index in [0.717, 1.165) is 29.9 Å². The molecule has 4 aromatic carbocycles. The monoisotopic (exact) mass is 498 g/mol. The van der Waals surface area contributed by atoms with Gasteiger partial charge in [0.2, 0.25) is 0 Å². The Morgan fingerprint density at radius 2 is 1.26 bits per heavy atom. The van der Waals surface area contributed by atoms with Crippen molar-refractivity contribution in [3.05, 3.63) is 132 Å². The quantitative estimate of drug-likeness (QED) is 0.285. The van der Waals surface area contributed by atoms with Crippen LogP contribution < -0.4 is 10.8 Å². The maximum atomic E-state index is 10.7. The van der Waals surface area contributed by atoms with E-state index in [1.165, 1.54) is 22.2 Å². The summed E-state index contributed by atoms with van der Waals surface area (Å²) in [4.78, 5) is 5.05. The first-order valence-corrected chi connectivity index (χ1v) is 13.3. The molecule has 1 atom stereocenters. The van der Waals surface area contributed by atoms with Gasteiger partial charge in [-0.05, 0) is 47.5 Å². The van der Waals surface area contributed by atoms with Gasteiger partial charge in [0.05, 0.1) is 17.3 Å². The van der Waals surface area contributed by atoms with Gasteiger partial charge < -0.3 is 10.4 Å². The molecule has 1 unspecified atom stereocenters. The van der Waals surface area contributed by atoms with E-state index in [1.54, 1.807) is 0 Å². The minimum absolute atomic E-state index is 0.0308. The lowest BCUT2D eigenvalue weighted by Crippen LogP contribution is -2.42. The second-order valence-electron chi connectivity index (χ2n) is 11.3. The van der Waals surface area contributed by atoms with E-state index >= 15 is 0 Å². The van der Waals surface area contributed by atoms with E-state index in [4.69, 9.17) is 4.99 Å². The highest BCUT2D eigenvalue weighted by Crippen LogP contribution is 2.36. The van der Waals surface area contributed by atoms with Crippen LogP contribution in [0.4, 0.5) is 0 Å². The molecule has 0 fully saturated rings. The fourth-order valence-electron chi connectivity index (χ4n) is 4.71. The number of nitrogens with one attached hydrogen (secondary N) is 1. The molecule has 1 heterocycles. The molecule has 0 bridgehead atoms. The van der Waals surface area contributed by atoms with Crippen molar-refractivity contribution in [1.29, 1.82) is 0 Å². The maximum absolute atomic E-state index is 10.7. The second kappa shape index (κ2) is 10.5. The van der Waals surface area contributed by atoms with Crippen LogP contribution >= 0.6 is 0 Å². The van der Waals surface area contributed by atoms with E-state index in [0.29, 0.717) is 0 Å². The number of aliphatic imine (C=N–C) groups is 1. The molecular formula is C34H35BN2O. The Bertz CT molecular complexity index is 1450. The average Bonchev–Trinajstić information content (AvgIpc) is 2.93. The van der Waals surface area contributed by atoms with Gasteiger partial charge >= 0.3 is 0 Å². The van der Waals surface area contributed by atoms with Gasteiger partial charge in [0.15, 0.2) is 7.28 Å². The van der Waals surface area contributed by atoms with Crippen LogP contribution in [0.15, 0.2) is 120 Å². The molecule has 0 aromatic heterocycles. The van der Waals surface area contributed by atoms with E-state index in [2.05, 4.69) is 122 Å². The zero-order chi connectivity index (χ0) is 26.8. The lowest BCUT2D eigenvalue weighted by atomic mass is 9.45. The van der Waals surface area contributed by atoms with Gasteiger partial charge in [0.1, 0.15) is 5.84 Å². The van der Waals surface area contributed by atoms with Crippen molar-refractivity contribution in [2.45, 2.75) is 44.7 Å². The summed E-state index contributed by atoms with van der Waals surface area (Å²) in [6.07, 6.45) is 2.21. The van der Waals surface area contributed by atoms with Crippen molar-refractivity contribution in [2.24, 2.45) is 4.99 Å². The lowest BCUT2D eigenvalue weighted by molar-refractivity contribution is 0.0410. The van der Waals surface area contributed by atoms with Crippen LogP contribution in [0, 0.1) is 0 Å². The van der Waals surface area contributed by atoms with Gasteiger partial charge in [0, 0.05) is 5.56 Å². The highest BCUT2D eigenvalue weighted by atomic mass is 16.3. The van der Waals surface area contributed by atoms with Crippen LogP contribution in [0.5, 0.6) is 0 Å². The zero-order valence-corrected chi connectivity index (χ0v) is 22.6. The Labute approximate surface area is 227 Å². The third kappa shape index (κ3) is 5.66. The Morgan fingerprint density at radius 1 is 0.684 bits per heavy atom. The van der Waals surface area contributed by atoms with Crippen molar-refractivity contribution < 1.29 is 5.11 Å². The summed E-state index contributed by atoms with van der Waals surface area (Å²) < 4.78 is 0. The molecule has 2 N–H and O–H groups in total. The first kappa shape index (κ1) is 25.8. The van der Waals surface area contributed by atoms with Gasteiger partial charge in [-0.15, -0.1) is 0 Å². The molecular weight excluding hydrogens is 463 g/mol. The Morgan fingerprint density at radius 3 is 1.89 bits per heavy atom. The first-order chi connectivity index (χ1) is 18.2. The molecule has 4 aromatic rings. The second-order valence-corrected chi connectivity index (χ2v) is 11.3. The summed E-state index contributed by atoms with van der Waals surface area (Å²) >= 11 is 0. The van der Waals surface area contributed by atoms with Crippen molar-refractivity contribution in [1.82, 2.24) is 5.32 Å². The number of hydrogen-bond donors (Lipinski definition) is 2. The molecule has 190 valence electrons. The molecule has 0 saturated heterocycles. The van der Waals surface area contributed by atoms with Crippen LogP contribution in [0.1, 0.15) is 50.4 Å². The van der Waals surface area contributed by atoms with Crippen molar-refractivity contribution in [3.63, 3.8) is 0 Å². The molecule has 5 rings (SSSR count). The van der Waals surface area contributed by atoms with Crippen LogP contribution in [-0.2, 0) is 0 Å². The van der Waals surface area contributed by atoms with Gasteiger partial charge in [-0.2, -0.15) is 0 Å². The fourth-order valence-corrected chi connectivity index (χ4v) is 4.71. The summed E-state index contributed by atoms with van der Waals surface area (Å²) in [5.74, 6) is 0.859. The Balaban J connectivity index is 1.48. The van der Waals surface area contributed by atoms with E-state index in [-0.39, 0.29) is 11.4 Å². The molecule has 4 heteroatoms. The minimum Gasteiger partial charge on any atom is -0.391 e. The van der Waals surface area contributed by atoms with Gasteiger partial charge in [-0.1, -0.05) is 129 Å². The van der Waals surface area contributed by atoms with E-state index in [1.807, 2.05) is 26.0 Å². The predicted molar refractivity (Wildman–Crippen MR) is 162 cm³/mol. The van der Waals surface area contributed by atoms with Crippen LogP contribution in [0.2, 0.25) is 5.31 Å². The molecule has 0 spiro atoms. The first-order valence-electron chi connectivity index (χ1n) is 13.3. The number of aliphatic hydroxyl groups is 1. The standard InChI is InChI=1S/C34H35BN2O/c1-33(2,34(3,4)38)35-29-17-11-16-28(22-29)31-23-30(26-14-9-6-10-15-26)36-32(37-31)27-20-18-25(19-21-27)24-12-7-5-8-13-24/h5-23,31,35,38H,1-4H3,(H,36,37). The summed E-state index contributed by atoms with van der Waals surface area (Å²) in [7, 11) is 0.786.